The molecule has 1 heterocycles. The van der Waals surface area contributed by atoms with Crippen LogP contribution in [-0.2, 0) is 10.0 Å². The van der Waals surface area contributed by atoms with Gasteiger partial charge in [-0.1, -0.05) is 43.6 Å². The molecule has 154 valence electrons. The summed E-state index contributed by atoms with van der Waals surface area (Å²) in [6.45, 7) is 6.18. The third kappa shape index (κ3) is 4.21. The van der Waals surface area contributed by atoms with Crippen LogP contribution in [0.4, 0.5) is 5.69 Å². The molecule has 0 radical (unpaired) electrons. The number of nitrogens with zero attached hydrogens (tertiary/aromatic N) is 1. The van der Waals surface area contributed by atoms with Crippen LogP contribution in [0.15, 0.2) is 65.6 Å². The molecule has 0 aliphatic rings. The van der Waals surface area contributed by atoms with Crippen molar-refractivity contribution in [2.75, 3.05) is 4.72 Å². The van der Waals surface area contributed by atoms with Gasteiger partial charge in [-0.05, 0) is 66.4 Å². The number of sulfonamides is 1. The molecule has 0 saturated heterocycles. The normalized spacial score (nSPS) is 11.9. The highest BCUT2D eigenvalue weighted by Gasteiger charge is 2.16. The zero-order valence-corrected chi connectivity index (χ0v) is 19.2. The maximum atomic E-state index is 12.7. The maximum absolute atomic E-state index is 12.7. The van der Waals surface area contributed by atoms with E-state index in [0.29, 0.717) is 16.6 Å². The molecular formula is C23H21ClN2O2S2. The van der Waals surface area contributed by atoms with Crippen molar-refractivity contribution in [2.24, 2.45) is 0 Å². The van der Waals surface area contributed by atoms with Crippen molar-refractivity contribution < 1.29 is 8.42 Å². The molecule has 1 aromatic heterocycles. The van der Waals surface area contributed by atoms with Crippen LogP contribution in [0.3, 0.4) is 0 Å². The second-order valence-electron chi connectivity index (χ2n) is 7.51. The van der Waals surface area contributed by atoms with Gasteiger partial charge >= 0.3 is 0 Å². The van der Waals surface area contributed by atoms with Crippen molar-refractivity contribution >= 4 is 48.9 Å². The Hall–Kier alpha value is -2.41. The third-order valence-corrected chi connectivity index (χ3v) is 7.61. The summed E-state index contributed by atoms with van der Waals surface area (Å²) in [4.78, 5) is 4.87. The van der Waals surface area contributed by atoms with Crippen molar-refractivity contribution in [3.63, 3.8) is 0 Å². The average Bonchev–Trinajstić information content (AvgIpc) is 3.10. The van der Waals surface area contributed by atoms with E-state index in [1.165, 1.54) is 5.56 Å². The number of benzene rings is 3. The maximum Gasteiger partial charge on any atom is 0.261 e. The number of aromatic nitrogens is 1. The molecule has 0 atom stereocenters. The molecule has 0 aliphatic heterocycles. The van der Waals surface area contributed by atoms with Gasteiger partial charge in [0.1, 0.15) is 5.01 Å². The summed E-state index contributed by atoms with van der Waals surface area (Å²) in [5, 5.41) is 1.25. The number of hydrogen-bond acceptors (Lipinski definition) is 4. The van der Waals surface area contributed by atoms with Gasteiger partial charge in [-0.25, -0.2) is 13.4 Å². The van der Waals surface area contributed by atoms with Gasteiger partial charge in [0.25, 0.3) is 10.0 Å². The number of fused-ring (bicyclic) bond motifs is 1. The topological polar surface area (TPSA) is 59.1 Å². The van der Waals surface area contributed by atoms with Gasteiger partial charge in [0, 0.05) is 5.56 Å². The van der Waals surface area contributed by atoms with E-state index in [1.54, 1.807) is 41.7 Å². The van der Waals surface area contributed by atoms with Gasteiger partial charge in [-0.3, -0.25) is 4.72 Å². The van der Waals surface area contributed by atoms with Gasteiger partial charge in [0.2, 0.25) is 0 Å². The van der Waals surface area contributed by atoms with Crippen LogP contribution in [0.5, 0.6) is 0 Å². The van der Waals surface area contributed by atoms with Gasteiger partial charge in [0.15, 0.2) is 0 Å². The zero-order valence-electron chi connectivity index (χ0n) is 16.8. The summed E-state index contributed by atoms with van der Waals surface area (Å²) in [5.41, 5.74) is 4.38. The van der Waals surface area contributed by atoms with Crippen molar-refractivity contribution in [1.82, 2.24) is 4.98 Å². The lowest BCUT2D eigenvalue weighted by Gasteiger charge is -2.11. The first kappa shape index (κ1) is 20.8. The van der Waals surface area contributed by atoms with Crippen LogP contribution < -0.4 is 4.72 Å². The second-order valence-corrected chi connectivity index (χ2v) is 10.6. The Labute approximate surface area is 185 Å². The lowest BCUT2D eigenvalue weighted by molar-refractivity contribution is 0.601. The van der Waals surface area contributed by atoms with Gasteiger partial charge in [-0.2, -0.15) is 0 Å². The Bertz CT molecular complexity index is 1330. The largest absolute Gasteiger partial charge is 0.280 e. The number of rotatable bonds is 5. The summed E-state index contributed by atoms with van der Waals surface area (Å²) in [7, 11) is -3.70. The summed E-state index contributed by atoms with van der Waals surface area (Å²) in [6, 6.07) is 18.2. The Morgan fingerprint density at radius 2 is 1.73 bits per heavy atom. The minimum absolute atomic E-state index is 0.216. The van der Waals surface area contributed by atoms with Crippen LogP contribution in [0.1, 0.15) is 30.9 Å². The molecule has 4 aromatic rings. The van der Waals surface area contributed by atoms with E-state index in [1.807, 2.05) is 31.2 Å². The first-order chi connectivity index (χ1) is 14.2. The lowest BCUT2D eigenvalue weighted by atomic mass is 10.0. The molecule has 7 heteroatoms. The Morgan fingerprint density at radius 1 is 1.00 bits per heavy atom. The van der Waals surface area contributed by atoms with Crippen LogP contribution in [0.25, 0.3) is 20.8 Å². The minimum Gasteiger partial charge on any atom is -0.280 e. The summed E-state index contributed by atoms with van der Waals surface area (Å²) in [6.07, 6.45) is 0. The Morgan fingerprint density at radius 3 is 2.40 bits per heavy atom. The van der Waals surface area contributed by atoms with E-state index >= 15 is 0 Å². The van der Waals surface area contributed by atoms with Crippen LogP contribution >= 0.6 is 22.9 Å². The monoisotopic (exact) mass is 456 g/mol. The lowest BCUT2D eigenvalue weighted by Crippen LogP contribution is -2.13. The molecule has 0 spiro atoms. The van der Waals surface area contributed by atoms with Gasteiger partial charge in [0.05, 0.1) is 25.8 Å². The van der Waals surface area contributed by atoms with Gasteiger partial charge in [-0.15, -0.1) is 11.3 Å². The Kier molecular flexibility index (Phi) is 5.57. The minimum atomic E-state index is -3.70. The third-order valence-electron chi connectivity index (χ3n) is 4.85. The van der Waals surface area contributed by atoms with Crippen LogP contribution in [0.2, 0.25) is 5.02 Å². The fourth-order valence-corrected chi connectivity index (χ4v) is 5.62. The molecule has 0 aliphatic carbocycles. The molecule has 30 heavy (non-hydrogen) atoms. The van der Waals surface area contributed by atoms with E-state index in [-0.39, 0.29) is 4.90 Å². The predicted molar refractivity (Wildman–Crippen MR) is 126 cm³/mol. The van der Waals surface area contributed by atoms with Gasteiger partial charge < -0.3 is 0 Å². The van der Waals surface area contributed by atoms with E-state index < -0.39 is 10.0 Å². The van der Waals surface area contributed by atoms with E-state index in [0.717, 1.165) is 26.4 Å². The summed E-state index contributed by atoms with van der Waals surface area (Å²) < 4.78 is 29.2. The SMILES string of the molecule is Cc1ccc2nc(-c3ccc(NS(=O)(=O)c4ccc(C(C)C)cc4)cc3Cl)sc2c1. The van der Waals surface area contributed by atoms with Crippen LogP contribution in [0, 0.1) is 6.92 Å². The van der Waals surface area contributed by atoms with E-state index in [4.69, 9.17) is 11.6 Å². The van der Waals surface area contributed by atoms with Crippen molar-refractivity contribution in [3.8, 4) is 10.6 Å². The van der Waals surface area contributed by atoms with Crippen molar-refractivity contribution in [2.45, 2.75) is 31.6 Å². The summed E-state index contributed by atoms with van der Waals surface area (Å²) >= 11 is 8.05. The quantitative estimate of drug-likeness (QED) is 0.357. The molecule has 0 bridgehead atoms. The standard InChI is InChI=1S/C23H21ClN2O2S2/c1-14(2)16-5-8-18(9-6-16)30(27,28)26-17-7-10-19(20(24)13-17)23-25-21-11-4-15(3)12-22(21)29-23/h4-14,26H,1-3H3. The highest BCUT2D eigenvalue weighted by atomic mass is 35.5. The average molecular weight is 457 g/mol. The summed E-state index contributed by atoms with van der Waals surface area (Å²) in [5.74, 6) is 0.340. The first-order valence-corrected chi connectivity index (χ1v) is 12.2. The van der Waals surface area contributed by atoms with E-state index in [2.05, 4.69) is 29.6 Å². The molecular weight excluding hydrogens is 436 g/mol. The fourth-order valence-electron chi connectivity index (χ4n) is 3.15. The van der Waals surface area contributed by atoms with Crippen molar-refractivity contribution in [3.05, 3.63) is 76.8 Å². The molecule has 4 rings (SSSR count). The molecule has 4 nitrogen and oxygen atoms in total. The zero-order chi connectivity index (χ0) is 21.5. The number of thiazole rings is 1. The molecule has 0 unspecified atom stereocenters. The second kappa shape index (κ2) is 8.02. The molecule has 0 amide bonds. The fraction of sp³-hybridized carbons (Fsp3) is 0.174. The predicted octanol–water partition coefficient (Wildman–Crippen LogP) is 6.85. The highest BCUT2D eigenvalue weighted by Crippen LogP contribution is 2.36. The number of aryl methyl sites for hydroxylation is 1. The highest BCUT2D eigenvalue weighted by molar-refractivity contribution is 7.92. The number of anilines is 1. The number of halogens is 1. The molecule has 0 fully saturated rings. The molecule has 1 N–H and O–H groups in total. The van der Waals surface area contributed by atoms with Crippen molar-refractivity contribution in [1.29, 1.82) is 0 Å². The first-order valence-electron chi connectivity index (χ1n) is 9.53. The smallest absolute Gasteiger partial charge is 0.261 e. The number of hydrogen-bond donors (Lipinski definition) is 1. The molecule has 0 saturated carbocycles. The van der Waals surface area contributed by atoms with Crippen LogP contribution in [-0.4, -0.2) is 13.4 Å². The Balaban J connectivity index is 1.60. The number of nitrogens with one attached hydrogen (secondary N) is 1. The van der Waals surface area contributed by atoms with E-state index in [9.17, 15) is 8.42 Å². The molecule has 3 aromatic carbocycles.